The van der Waals surface area contributed by atoms with Crippen LogP contribution in [-0.2, 0) is 0 Å². The number of hydrogen-bond donors (Lipinski definition) is 0. The standard InChI is InChI=1S/C59H86N6/c1-9-16-43-60(8)50-23-31-54(32-24-50)64(55-33-25-51(26-34-55)61(44-17-10-2)45-18-11-3)58-39-41-59(42-40-58)65(56-35-27-52(28-36-56)62(46-19-12-4)47-20-13-5)57-37-29-53(30-38-57)63(48-21-14-6)49-22-15-7/h23-42H,9-22,43-49H2,1-8H3. The normalized spacial score (nSPS) is 11.1. The van der Waals surface area contributed by atoms with E-state index in [9.17, 15) is 0 Å². The molecule has 0 amide bonds. The fourth-order valence-electron chi connectivity index (χ4n) is 8.67. The zero-order valence-corrected chi connectivity index (χ0v) is 42.1. The van der Waals surface area contributed by atoms with Crippen LogP contribution < -0.4 is 29.4 Å². The molecule has 0 saturated carbocycles. The van der Waals surface area contributed by atoms with Crippen LogP contribution in [-0.4, -0.2) is 52.9 Å². The van der Waals surface area contributed by atoms with Gasteiger partial charge in [-0.15, -0.1) is 0 Å². The summed E-state index contributed by atoms with van der Waals surface area (Å²) in [4.78, 5) is 15.0. The molecule has 0 N–H and O–H groups in total. The molecule has 0 fully saturated rings. The Hall–Kier alpha value is -5.10. The molecule has 0 radical (unpaired) electrons. The highest BCUT2D eigenvalue weighted by Crippen LogP contribution is 2.41. The van der Waals surface area contributed by atoms with Gasteiger partial charge in [0.1, 0.15) is 0 Å². The Kier molecular flexibility index (Phi) is 22.0. The first-order valence-electron chi connectivity index (χ1n) is 26.0. The van der Waals surface area contributed by atoms with Gasteiger partial charge in [-0.1, -0.05) is 93.4 Å². The molecule has 0 atom stereocenters. The molecular weight excluding hydrogens is 793 g/mol. The van der Waals surface area contributed by atoms with Crippen LogP contribution in [0.25, 0.3) is 0 Å². The molecule has 5 aromatic rings. The molecule has 0 unspecified atom stereocenters. The van der Waals surface area contributed by atoms with E-state index in [2.05, 4.69) is 206 Å². The molecule has 0 spiro atoms. The minimum atomic E-state index is 1.06. The highest BCUT2D eigenvalue weighted by atomic mass is 15.2. The van der Waals surface area contributed by atoms with Crippen LogP contribution in [0.5, 0.6) is 0 Å². The highest BCUT2D eigenvalue weighted by molar-refractivity contribution is 5.82. The third kappa shape index (κ3) is 15.0. The average molecular weight is 879 g/mol. The predicted molar refractivity (Wildman–Crippen MR) is 290 cm³/mol. The number of hydrogen-bond acceptors (Lipinski definition) is 6. The summed E-state index contributed by atoms with van der Waals surface area (Å²) in [6.45, 7) is 23.7. The second kappa shape index (κ2) is 28.1. The van der Waals surface area contributed by atoms with Gasteiger partial charge in [-0.2, -0.15) is 0 Å². The monoisotopic (exact) mass is 879 g/mol. The Labute approximate surface area is 397 Å². The Morgan fingerprint density at radius 2 is 0.400 bits per heavy atom. The predicted octanol–water partition coefficient (Wildman–Crippen LogP) is 17.1. The number of benzene rings is 5. The van der Waals surface area contributed by atoms with Crippen molar-refractivity contribution >= 4 is 56.9 Å². The summed E-state index contributed by atoms with van der Waals surface area (Å²) in [6.07, 6.45) is 16.9. The van der Waals surface area contributed by atoms with Crippen molar-refractivity contribution in [2.24, 2.45) is 0 Å². The summed E-state index contributed by atoms with van der Waals surface area (Å²) in [7, 11) is 2.21. The van der Waals surface area contributed by atoms with Crippen LogP contribution in [0.2, 0.25) is 0 Å². The van der Waals surface area contributed by atoms with E-state index in [4.69, 9.17) is 0 Å². The largest absolute Gasteiger partial charge is 0.375 e. The molecule has 0 aromatic heterocycles. The van der Waals surface area contributed by atoms with Gasteiger partial charge >= 0.3 is 0 Å². The fraction of sp³-hybridized carbons (Fsp3) is 0.492. The van der Waals surface area contributed by atoms with E-state index in [1.54, 1.807) is 0 Å². The lowest BCUT2D eigenvalue weighted by Gasteiger charge is -2.30. The van der Waals surface area contributed by atoms with Crippen molar-refractivity contribution < 1.29 is 0 Å². The smallest absolute Gasteiger partial charge is 0.0463 e. The molecule has 0 heterocycles. The molecule has 6 nitrogen and oxygen atoms in total. The summed E-state index contributed by atoms with van der Waals surface area (Å²) < 4.78 is 0. The SMILES string of the molecule is CCCCN(C)c1ccc(N(c2ccc(N(CCCC)CCCC)cc2)c2ccc(N(c3ccc(N(CCCC)CCCC)cc3)c3ccc(N(CCCC)CCCC)cc3)cc2)cc1. The summed E-state index contributed by atoms with van der Waals surface area (Å²) in [6, 6.07) is 46.4. The van der Waals surface area contributed by atoms with Gasteiger partial charge in [0.2, 0.25) is 0 Å². The van der Waals surface area contributed by atoms with E-state index in [0.29, 0.717) is 0 Å². The lowest BCUT2D eigenvalue weighted by atomic mass is 10.1. The minimum Gasteiger partial charge on any atom is -0.375 e. The summed E-state index contributed by atoms with van der Waals surface area (Å²) >= 11 is 0. The van der Waals surface area contributed by atoms with Crippen molar-refractivity contribution in [3.63, 3.8) is 0 Å². The third-order valence-corrected chi connectivity index (χ3v) is 12.9. The van der Waals surface area contributed by atoms with E-state index in [-0.39, 0.29) is 0 Å². The van der Waals surface area contributed by atoms with Crippen LogP contribution in [0.4, 0.5) is 56.9 Å². The van der Waals surface area contributed by atoms with Crippen molar-refractivity contribution in [1.29, 1.82) is 0 Å². The van der Waals surface area contributed by atoms with Crippen LogP contribution in [0, 0.1) is 0 Å². The number of nitrogens with zero attached hydrogens (tertiary/aromatic N) is 6. The first-order valence-corrected chi connectivity index (χ1v) is 26.0. The summed E-state index contributed by atoms with van der Waals surface area (Å²) in [5, 5.41) is 0. The van der Waals surface area contributed by atoms with Crippen molar-refractivity contribution in [3.05, 3.63) is 121 Å². The Bertz CT molecular complexity index is 1900. The average Bonchev–Trinajstić information content (AvgIpc) is 3.35. The van der Waals surface area contributed by atoms with Crippen molar-refractivity contribution in [2.45, 2.75) is 138 Å². The molecule has 0 aliphatic heterocycles. The van der Waals surface area contributed by atoms with Gasteiger partial charge in [0, 0.05) is 110 Å². The van der Waals surface area contributed by atoms with Crippen molar-refractivity contribution in [3.8, 4) is 0 Å². The Morgan fingerprint density at radius 1 is 0.231 bits per heavy atom. The Morgan fingerprint density at radius 3 is 0.600 bits per heavy atom. The number of anilines is 10. The quantitative estimate of drug-likeness (QED) is 0.0439. The van der Waals surface area contributed by atoms with Crippen LogP contribution in [0.3, 0.4) is 0 Å². The Balaban J connectivity index is 1.56. The van der Waals surface area contributed by atoms with E-state index in [1.807, 2.05) is 0 Å². The molecule has 0 aliphatic carbocycles. The van der Waals surface area contributed by atoms with Crippen molar-refractivity contribution in [2.75, 3.05) is 82.3 Å². The minimum absolute atomic E-state index is 1.06. The van der Waals surface area contributed by atoms with Gasteiger partial charge in [-0.25, -0.2) is 0 Å². The molecule has 0 aliphatic rings. The molecule has 5 rings (SSSR count). The lowest BCUT2D eigenvalue weighted by molar-refractivity contribution is 0.678. The zero-order chi connectivity index (χ0) is 46.2. The first-order chi connectivity index (χ1) is 31.9. The fourth-order valence-corrected chi connectivity index (χ4v) is 8.67. The van der Waals surface area contributed by atoms with Gasteiger partial charge in [0.05, 0.1) is 0 Å². The molecular formula is C59H86N6. The molecule has 6 heteroatoms. The maximum atomic E-state index is 2.58. The second-order valence-electron chi connectivity index (χ2n) is 18.1. The second-order valence-corrected chi connectivity index (χ2v) is 18.1. The number of rotatable bonds is 31. The topological polar surface area (TPSA) is 19.4 Å². The number of unbranched alkanes of at least 4 members (excludes halogenated alkanes) is 7. The van der Waals surface area contributed by atoms with Gasteiger partial charge in [0.25, 0.3) is 0 Å². The van der Waals surface area contributed by atoms with Crippen LogP contribution in [0.1, 0.15) is 138 Å². The highest BCUT2D eigenvalue weighted by Gasteiger charge is 2.19. The van der Waals surface area contributed by atoms with Gasteiger partial charge in [0.15, 0.2) is 0 Å². The van der Waals surface area contributed by atoms with E-state index < -0.39 is 0 Å². The van der Waals surface area contributed by atoms with Gasteiger partial charge in [-0.3, -0.25) is 0 Å². The van der Waals surface area contributed by atoms with Gasteiger partial charge in [-0.05, 0) is 166 Å². The molecule has 0 saturated heterocycles. The van der Waals surface area contributed by atoms with E-state index in [0.717, 1.165) is 68.6 Å². The molecule has 0 bridgehead atoms. The van der Waals surface area contributed by atoms with E-state index >= 15 is 0 Å². The first kappa shape index (κ1) is 50.9. The van der Waals surface area contributed by atoms with E-state index in [1.165, 1.54) is 124 Å². The van der Waals surface area contributed by atoms with Crippen molar-refractivity contribution in [1.82, 2.24) is 0 Å². The molecule has 65 heavy (non-hydrogen) atoms. The maximum absolute atomic E-state index is 2.58. The third-order valence-electron chi connectivity index (χ3n) is 12.9. The van der Waals surface area contributed by atoms with Gasteiger partial charge < -0.3 is 29.4 Å². The van der Waals surface area contributed by atoms with Crippen LogP contribution in [0.15, 0.2) is 121 Å². The molecule has 5 aromatic carbocycles. The zero-order valence-electron chi connectivity index (χ0n) is 42.1. The van der Waals surface area contributed by atoms with Crippen LogP contribution >= 0.6 is 0 Å². The lowest BCUT2D eigenvalue weighted by Crippen LogP contribution is -2.25. The maximum Gasteiger partial charge on any atom is 0.0463 e. The summed E-state index contributed by atoms with van der Waals surface area (Å²) in [5.41, 5.74) is 12.1. The molecule has 352 valence electrons. The summed E-state index contributed by atoms with van der Waals surface area (Å²) in [5.74, 6) is 0.